The van der Waals surface area contributed by atoms with Gasteiger partial charge in [0.1, 0.15) is 18.8 Å². The van der Waals surface area contributed by atoms with Crippen molar-refractivity contribution in [3.8, 4) is 17.3 Å². The molecule has 2 aromatic heterocycles. The van der Waals surface area contributed by atoms with Crippen molar-refractivity contribution in [3.63, 3.8) is 0 Å². The average Bonchev–Trinajstić information content (AvgIpc) is 3.37. The first kappa shape index (κ1) is 20.6. The summed E-state index contributed by atoms with van der Waals surface area (Å²) in [4.78, 5) is 13.8. The van der Waals surface area contributed by atoms with Gasteiger partial charge in [0.25, 0.3) is 6.43 Å². The second kappa shape index (κ2) is 8.68. The maximum absolute atomic E-state index is 12.8. The van der Waals surface area contributed by atoms with Crippen LogP contribution >= 0.6 is 0 Å². The molecule has 2 aliphatic rings. The van der Waals surface area contributed by atoms with E-state index >= 15 is 0 Å². The normalized spacial score (nSPS) is 19.8. The zero-order valence-corrected chi connectivity index (χ0v) is 17.7. The summed E-state index contributed by atoms with van der Waals surface area (Å²) < 4.78 is 38.3. The van der Waals surface area contributed by atoms with Gasteiger partial charge >= 0.3 is 0 Å². The molecule has 166 valence electrons. The van der Waals surface area contributed by atoms with Crippen LogP contribution in [0, 0.1) is 0 Å². The molecule has 32 heavy (non-hydrogen) atoms. The highest BCUT2D eigenvalue weighted by atomic mass is 19.3. The van der Waals surface area contributed by atoms with Gasteiger partial charge in [-0.05, 0) is 42.7 Å². The Hall–Kier alpha value is -3.29. The summed E-state index contributed by atoms with van der Waals surface area (Å²) in [6, 6.07) is 7.84. The highest BCUT2D eigenvalue weighted by Crippen LogP contribution is 2.44. The Bertz CT molecular complexity index is 1110. The maximum Gasteiger partial charge on any atom is 0.272 e. The highest BCUT2D eigenvalue weighted by Gasteiger charge is 2.34. The first-order valence-electron chi connectivity index (χ1n) is 10.8. The lowest BCUT2D eigenvalue weighted by atomic mass is 9.75. The van der Waals surface area contributed by atoms with E-state index < -0.39 is 13.0 Å². The van der Waals surface area contributed by atoms with Crippen molar-refractivity contribution in [3.05, 3.63) is 65.9 Å². The molecular formula is C24H24F2N4O2. The van der Waals surface area contributed by atoms with E-state index in [0.717, 1.165) is 53.9 Å². The molecule has 5 rings (SSSR count). The number of hydrogen-bond acceptors (Lipinski definition) is 5. The fraction of sp³-hybridized carbons (Fsp3) is 0.375. The van der Waals surface area contributed by atoms with E-state index in [4.69, 9.17) is 14.5 Å². The van der Waals surface area contributed by atoms with Gasteiger partial charge in [-0.2, -0.15) is 0 Å². The van der Waals surface area contributed by atoms with Crippen LogP contribution in [0.2, 0.25) is 0 Å². The summed E-state index contributed by atoms with van der Waals surface area (Å²) in [5.41, 5.74) is 3.80. The number of methoxy groups -OCH3 is 1. The summed E-state index contributed by atoms with van der Waals surface area (Å²) in [6.45, 7) is -0.663. The second-order valence-corrected chi connectivity index (χ2v) is 8.10. The molecule has 0 spiro atoms. The van der Waals surface area contributed by atoms with Crippen LogP contribution in [0.4, 0.5) is 8.78 Å². The topological polar surface area (TPSA) is 61.5 Å². The monoisotopic (exact) mass is 438 g/mol. The van der Waals surface area contributed by atoms with Crippen LogP contribution in [0.5, 0.6) is 11.5 Å². The van der Waals surface area contributed by atoms with Gasteiger partial charge < -0.3 is 9.47 Å². The van der Waals surface area contributed by atoms with Crippen molar-refractivity contribution in [2.24, 2.45) is 4.99 Å². The minimum atomic E-state index is -2.55. The van der Waals surface area contributed by atoms with Crippen molar-refractivity contribution in [1.82, 2.24) is 14.5 Å². The van der Waals surface area contributed by atoms with Gasteiger partial charge in [-0.1, -0.05) is 12.8 Å². The summed E-state index contributed by atoms with van der Waals surface area (Å²) in [7, 11) is 1.52. The minimum Gasteiger partial charge on any atom is -0.493 e. The molecule has 8 heteroatoms. The Morgan fingerprint density at radius 2 is 2.03 bits per heavy atom. The van der Waals surface area contributed by atoms with Crippen molar-refractivity contribution in [2.45, 2.75) is 44.1 Å². The Balaban J connectivity index is 1.57. The van der Waals surface area contributed by atoms with E-state index in [1.165, 1.54) is 7.11 Å². The van der Waals surface area contributed by atoms with E-state index in [-0.39, 0.29) is 12.0 Å². The molecule has 2 unspecified atom stereocenters. The van der Waals surface area contributed by atoms with Crippen molar-refractivity contribution in [2.75, 3.05) is 13.7 Å². The number of hydrogen-bond donors (Lipinski definition) is 0. The average molecular weight is 438 g/mol. The van der Waals surface area contributed by atoms with Crippen LogP contribution in [0.1, 0.15) is 48.3 Å². The number of ether oxygens (including phenoxy) is 2. The zero-order valence-electron chi connectivity index (χ0n) is 17.7. The summed E-state index contributed by atoms with van der Waals surface area (Å²) in [6.07, 6.45) is 8.81. The number of pyridine rings is 1. The summed E-state index contributed by atoms with van der Waals surface area (Å²) >= 11 is 0. The molecule has 1 fully saturated rings. The fourth-order valence-electron chi connectivity index (χ4n) is 4.68. The number of fused-ring (bicyclic) bond motifs is 3. The molecule has 2 atom stereocenters. The maximum atomic E-state index is 12.8. The lowest BCUT2D eigenvalue weighted by molar-refractivity contribution is 0.0803. The first-order valence-corrected chi connectivity index (χ1v) is 10.8. The van der Waals surface area contributed by atoms with Crippen molar-refractivity contribution < 1.29 is 18.3 Å². The van der Waals surface area contributed by atoms with Crippen LogP contribution in [0.3, 0.4) is 0 Å². The smallest absolute Gasteiger partial charge is 0.272 e. The van der Waals surface area contributed by atoms with E-state index in [1.807, 2.05) is 41.2 Å². The Morgan fingerprint density at radius 1 is 1.16 bits per heavy atom. The molecule has 3 heterocycles. The number of aliphatic imine (C=N–C) groups is 1. The van der Waals surface area contributed by atoms with Crippen LogP contribution in [0.25, 0.3) is 5.82 Å². The van der Waals surface area contributed by atoms with Gasteiger partial charge in [0, 0.05) is 35.6 Å². The molecule has 1 aliphatic heterocycles. The van der Waals surface area contributed by atoms with Crippen LogP contribution in [-0.2, 0) is 0 Å². The quantitative estimate of drug-likeness (QED) is 0.555. The predicted molar refractivity (Wildman–Crippen MR) is 116 cm³/mol. The summed E-state index contributed by atoms with van der Waals surface area (Å²) in [5, 5.41) is 0. The minimum absolute atomic E-state index is 0.163. The molecule has 0 bridgehead atoms. The zero-order chi connectivity index (χ0) is 22.1. The number of imidazole rings is 1. The van der Waals surface area contributed by atoms with Gasteiger partial charge in [0.05, 0.1) is 18.9 Å². The Labute approximate surface area is 184 Å². The van der Waals surface area contributed by atoms with E-state index in [0.29, 0.717) is 11.5 Å². The molecule has 1 aromatic carbocycles. The third-order valence-electron chi connectivity index (χ3n) is 6.17. The van der Waals surface area contributed by atoms with Gasteiger partial charge in [-0.3, -0.25) is 9.56 Å². The highest BCUT2D eigenvalue weighted by molar-refractivity contribution is 6.14. The lowest BCUT2D eigenvalue weighted by Crippen LogP contribution is -2.29. The Kier molecular flexibility index (Phi) is 5.59. The van der Waals surface area contributed by atoms with Crippen molar-refractivity contribution in [1.29, 1.82) is 0 Å². The number of rotatable bonds is 6. The van der Waals surface area contributed by atoms with Crippen molar-refractivity contribution >= 4 is 5.71 Å². The van der Waals surface area contributed by atoms with Gasteiger partial charge in [-0.15, -0.1) is 0 Å². The van der Waals surface area contributed by atoms with Gasteiger partial charge in [0.2, 0.25) is 0 Å². The van der Waals surface area contributed by atoms with Crippen LogP contribution < -0.4 is 9.47 Å². The van der Waals surface area contributed by atoms with Gasteiger partial charge in [0.15, 0.2) is 11.5 Å². The lowest BCUT2D eigenvalue weighted by Gasteiger charge is -2.35. The standard InChI is InChI=1S/C24H24F2N4O2/c1-31-20-11-18-17(10-21(20)32-13-22(25)26)16-4-2-3-5-19(16)29-24(18)15-6-7-23(28-12-15)30-9-8-27-14-30/h6-12,14,16,19,22H,2-5,13H2,1H3. The predicted octanol–water partition coefficient (Wildman–Crippen LogP) is 4.80. The molecule has 6 nitrogen and oxygen atoms in total. The molecule has 1 saturated carbocycles. The van der Waals surface area contributed by atoms with Crippen LogP contribution in [-0.4, -0.2) is 46.4 Å². The molecular weight excluding hydrogens is 414 g/mol. The molecule has 0 amide bonds. The van der Waals surface area contributed by atoms with E-state index in [9.17, 15) is 8.78 Å². The molecule has 0 saturated heterocycles. The molecule has 0 radical (unpaired) electrons. The molecule has 3 aromatic rings. The number of alkyl halides is 2. The van der Waals surface area contributed by atoms with Gasteiger partial charge in [-0.25, -0.2) is 18.7 Å². The number of aromatic nitrogens is 3. The van der Waals surface area contributed by atoms with Crippen LogP contribution in [0.15, 0.2) is 54.2 Å². The SMILES string of the molecule is COc1cc2c(cc1OCC(F)F)C1CCCCC1N=C2c1ccc(-n2ccnc2)nc1. The third kappa shape index (κ3) is 3.85. The first-order chi connectivity index (χ1) is 15.6. The second-order valence-electron chi connectivity index (χ2n) is 8.10. The Morgan fingerprint density at radius 3 is 2.75 bits per heavy atom. The molecule has 1 aliphatic carbocycles. The van der Waals surface area contributed by atoms with E-state index in [1.54, 1.807) is 12.5 Å². The largest absolute Gasteiger partial charge is 0.493 e. The number of halogens is 2. The summed E-state index contributed by atoms with van der Waals surface area (Å²) in [5.74, 6) is 1.80. The fourth-order valence-corrected chi connectivity index (χ4v) is 4.68. The third-order valence-corrected chi connectivity index (χ3v) is 6.17. The molecule has 0 N–H and O–H groups in total. The number of benzene rings is 1. The van der Waals surface area contributed by atoms with E-state index in [2.05, 4.69) is 9.97 Å². The number of nitrogens with zero attached hydrogens (tertiary/aromatic N) is 4.